The number of nitrogens with zero attached hydrogens (tertiary/aromatic N) is 1. The van der Waals surface area contributed by atoms with Crippen molar-refractivity contribution in [3.8, 4) is 0 Å². The molecule has 0 saturated heterocycles. The summed E-state index contributed by atoms with van der Waals surface area (Å²) in [5.74, 6) is -0.205. The molecule has 1 aromatic rings. The quantitative estimate of drug-likeness (QED) is 0.447. The lowest BCUT2D eigenvalue weighted by Gasteiger charge is -2.04. The number of non-ortho nitro benzene ring substituents is 1. The SMILES string of the molecule is O=Cc1cc([N+](=O)[O-])cc(CC2CC2)c1F. The number of aldehydes is 1. The maximum Gasteiger partial charge on any atom is 0.270 e. The standard InChI is InChI=1S/C11H10FNO3/c12-11-8(3-7-1-2-7)4-10(13(15)16)5-9(11)6-14/h4-7H,1-3H2. The van der Waals surface area contributed by atoms with Crippen LogP contribution in [0.2, 0.25) is 0 Å². The third kappa shape index (κ3) is 2.08. The van der Waals surface area contributed by atoms with E-state index in [-0.39, 0.29) is 16.8 Å². The van der Waals surface area contributed by atoms with Crippen LogP contribution < -0.4 is 0 Å². The van der Waals surface area contributed by atoms with Crippen molar-refractivity contribution in [3.05, 3.63) is 39.2 Å². The monoisotopic (exact) mass is 223 g/mol. The zero-order valence-corrected chi connectivity index (χ0v) is 8.48. The molecule has 1 aliphatic rings. The molecule has 0 spiro atoms. The fourth-order valence-corrected chi connectivity index (χ4v) is 1.66. The Bertz CT molecular complexity index is 455. The lowest BCUT2D eigenvalue weighted by molar-refractivity contribution is -0.385. The Kier molecular flexibility index (Phi) is 2.68. The Morgan fingerprint density at radius 2 is 2.19 bits per heavy atom. The van der Waals surface area contributed by atoms with E-state index in [1.807, 2.05) is 0 Å². The smallest absolute Gasteiger partial charge is 0.270 e. The van der Waals surface area contributed by atoms with Gasteiger partial charge in [-0.1, -0.05) is 0 Å². The molecule has 1 fully saturated rings. The molecule has 1 aliphatic carbocycles. The number of carbonyl (C=O) groups is 1. The normalized spacial score (nSPS) is 14.8. The van der Waals surface area contributed by atoms with Crippen LogP contribution in [0.25, 0.3) is 0 Å². The zero-order valence-electron chi connectivity index (χ0n) is 8.48. The van der Waals surface area contributed by atoms with Gasteiger partial charge in [-0.15, -0.1) is 0 Å². The van der Waals surface area contributed by atoms with E-state index in [0.29, 0.717) is 18.6 Å². The minimum atomic E-state index is -0.618. The van der Waals surface area contributed by atoms with Crippen LogP contribution in [0.5, 0.6) is 0 Å². The van der Waals surface area contributed by atoms with E-state index < -0.39 is 10.7 Å². The molecule has 16 heavy (non-hydrogen) atoms. The van der Waals surface area contributed by atoms with E-state index in [2.05, 4.69) is 0 Å². The molecular formula is C11H10FNO3. The van der Waals surface area contributed by atoms with Crippen LogP contribution in [-0.2, 0) is 6.42 Å². The average Bonchev–Trinajstić information content (AvgIpc) is 3.04. The predicted octanol–water partition coefficient (Wildman–Crippen LogP) is 2.50. The molecule has 0 amide bonds. The van der Waals surface area contributed by atoms with Crippen LogP contribution in [0.3, 0.4) is 0 Å². The molecule has 1 aromatic carbocycles. The van der Waals surface area contributed by atoms with E-state index in [4.69, 9.17) is 0 Å². The van der Waals surface area contributed by atoms with E-state index in [9.17, 15) is 19.3 Å². The second-order valence-electron chi connectivity index (χ2n) is 4.03. The summed E-state index contributed by atoms with van der Waals surface area (Å²) in [5, 5.41) is 10.6. The second-order valence-corrected chi connectivity index (χ2v) is 4.03. The summed E-state index contributed by atoms with van der Waals surface area (Å²) in [7, 11) is 0. The van der Waals surface area contributed by atoms with Gasteiger partial charge in [0, 0.05) is 12.1 Å². The molecular weight excluding hydrogens is 213 g/mol. The van der Waals surface area contributed by atoms with Crippen LogP contribution >= 0.6 is 0 Å². The summed E-state index contributed by atoms with van der Waals surface area (Å²) >= 11 is 0. The highest BCUT2D eigenvalue weighted by molar-refractivity contribution is 5.77. The highest BCUT2D eigenvalue weighted by Gasteiger charge is 2.25. The van der Waals surface area contributed by atoms with Crippen molar-refractivity contribution < 1.29 is 14.1 Å². The molecule has 0 aromatic heterocycles. The average molecular weight is 223 g/mol. The van der Waals surface area contributed by atoms with Crippen molar-refractivity contribution in [2.75, 3.05) is 0 Å². The number of carbonyl (C=O) groups excluding carboxylic acids is 1. The Balaban J connectivity index is 2.43. The van der Waals surface area contributed by atoms with Crippen LogP contribution in [-0.4, -0.2) is 11.2 Å². The molecule has 0 bridgehead atoms. The Morgan fingerprint density at radius 3 is 2.69 bits per heavy atom. The molecule has 84 valence electrons. The zero-order chi connectivity index (χ0) is 11.7. The van der Waals surface area contributed by atoms with Gasteiger partial charge in [0.2, 0.25) is 0 Å². The van der Waals surface area contributed by atoms with Gasteiger partial charge in [-0.25, -0.2) is 4.39 Å². The summed E-state index contributed by atoms with van der Waals surface area (Å²) in [6.07, 6.45) is 2.85. The molecule has 4 nitrogen and oxygen atoms in total. The van der Waals surface area contributed by atoms with Gasteiger partial charge in [-0.05, 0) is 30.7 Å². The summed E-state index contributed by atoms with van der Waals surface area (Å²) in [5.41, 5.74) is -0.178. The van der Waals surface area contributed by atoms with Crippen molar-refractivity contribution in [1.82, 2.24) is 0 Å². The van der Waals surface area contributed by atoms with Crippen LogP contribution in [0.15, 0.2) is 12.1 Å². The number of rotatable bonds is 4. The summed E-state index contributed by atoms with van der Waals surface area (Å²) in [6, 6.07) is 2.19. The van der Waals surface area contributed by atoms with Crippen LogP contribution in [0.4, 0.5) is 10.1 Å². The van der Waals surface area contributed by atoms with Gasteiger partial charge >= 0.3 is 0 Å². The summed E-state index contributed by atoms with van der Waals surface area (Å²) < 4.78 is 13.7. The number of hydrogen-bond donors (Lipinski definition) is 0. The van der Waals surface area contributed by atoms with Crippen molar-refractivity contribution in [3.63, 3.8) is 0 Å². The number of nitro groups is 1. The minimum absolute atomic E-state index is 0.223. The third-order valence-corrected chi connectivity index (χ3v) is 2.70. The first kappa shape index (κ1) is 10.7. The third-order valence-electron chi connectivity index (χ3n) is 2.70. The molecule has 2 rings (SSSR count). The molecule has 0 heterocycles. The lowest BCUT2D eigenvalue weighted by atomic mass is 10.0. The lowest BCUT2D eigenvalue weighted by Crippen LogP contribution is -2.00. The maximum absolute atomic E-state index is 13.7. The number of halogens is 1. The van der Waals surface area contributed by atoms with Crippen LogP contribution in [0.1, 0.15) is 28.8 Å². The Labute approximate surface area is 91.2 Å². The van der Waals surface area contributed by atoms with Gasteiger partial charge in [-0.3, -0.25) is 14.9 Å². The summed E-state index contributed by atoms with van der Waals surface area (Å²) in [4.78, 5) is 20.6. The Morgan fingerprint density at radius 1 is 1.50 bits per heavy atom. The van der Waals surface area contributed by atoms with Gasteiger partial charge in [0.15, 0.2) is 6.29 Å². The van der Waals surface area contributed by atoms with E-state index >= 15 is 0 Å². The molecule has 0 aliphatic heterocycles. The van der Waals surface area contributed by atoms with Gasteiger partial charge < -0.3 is 0 Å². The fraction of sp³-hybridized carbons (Fsp3) is 0.364. The Hall–Kier alpha value is -1.78. The number of hydrogen-bond acceptors (Lipinski definition) is 3. The van der Waals surface area contributed by atoms with Gasteiger partial charge in [-0.2, -0.15) is 0 Å². The number of benzene rings is 1. The molecule has 0 unspecified atom stereocenters. The highest BCUT2D eigenvalue weighted by Crippen LogP contribution is 2.34. The first-order valence-electron chi connectivity index (χ1n) is 5.04. The minimum Gasteiger partial charge on any atom is -0.298 e. The van der Waals surface area contributed by atoms with E-state index in [0.717, 1.165) is 18.9 Å². The molecule has 0 radical (unpaired) electrons. The van der Waals surface area contributed by atoms with Crippen molar-refractivity contribution >= 4 is 12.0 Å². The van der Waals surface area contributed by atoms with Gasteiger partial charge in [0.25, 0.3) is 5.69 Å². The topological polar surface area (TPSA) is 60.2 Å². The number of nitro benzene ring substituents is 1. The maximum atomic E-state index is 13.7. The van der Waals surface area contributed by atoms with Crippen molar-refractivity contribution in [1.29, 1.82) is 0 Å². The van der Waals surface area contributed by atoms with E-state index in [1.165, 1.54) is 6.07 Å². The van der Waals surface area contributed by atoms with Gasteiger partial charge in [0.05, 0.1) is 10.5 Å². The summed E-state index contributed by atoms with van der Waals surface area (Å²) in [6.45, 7) is 0. The second kappa shape index (κ2) is 4.00. The fourth-order valence-electron chi connectivity index (χ4n) is 1.66. The first-order chi connectivity index (χ1) is 7.61. The van der Waals surface area contributed by atoms with Crippen molar-refractivity contribution in [2.45, 2.75) is 19.3 Å². The van der Waals surface area contributed by atoms with Crippen LogP contribution in [0, 0.1) is 21.8 Å². The largest absolute Gasteiger partial charge is 0.298 e. The molecule has 0 atom stereocenters. The molecule has 1 saturated carbocycles. The van der Waals surface area contributed by atoms with Crippen molar-refractivity contribution in [2.24, 2.45) is 5.92 Å². The van der Waals surface area contributed by atoms with Gasteiger partial charge in [0.1, 0.15) is 5.82 Å². The molecule has 0 N–H and O–H groups in total. The predicted molar refractivity (Wildman–Crippen MR) is 54.9 cm³/mol. The highest BCUT2D eigenvalue weighted by atomic mass is 19.1. The first-order valence-corrected chi connectivity index (χ1v) is 5.04. The van der Waals surface area contributed by atoms with E-state index in [1.54, 1.807) is 0 Å². The molecule has 5 heteroatoms.